The summed E-state index contributed by atoms with van der Waals surface area (Å²) in [4.78, 5) is 0.744. The molecule has 0 aliphatic carbocycles. The van der Waals surface area contributed by atoms with Crippen LogP contribution in [0.25, 0.3) is 0 Å². The van der Waals surface area contributed by atoms with Gasteiger partial charge in [-0.3, -0.25) is 0 Å². The molecule has 1 saturated heterocycles. The number of rotatable bonds is 4. The van der Waals surface area contributed by atoms with E-state index >= 15 is 0 Å². The van der Waals surface area contributed by atoms with Crippen LogP contribution >= 0.6 is 0 Å². The van der Waals surface area contributed by atoms with Crippen molar-refractivity contribution in [2.75, 3.05) is 26.3 Å². The fourth-order valence-electron chi connectivity index (χ4n) is 1.59. The Labute approximate surface area is 91.9 Å². The van der Waals surface area contributed by atoms with Crippen LogP contribution in [0.3, 0.4) is 0 Å². The van der Waals surface area contributed by atoms with Crippen molar-refractivity contribution < 1.29 is 22.3 Å². The molecule has 0 spiro atoms. The number of halogens is 4. The topological polar surface area (TPSA) is 12.5 Å². The molecule has 0 bridgehead atoms. The monoisotopic (exact) mass is 241 g/mol. The van der Waals surface area contributed by atoms with Gasteiger partial charge in [-0.15, -0.1) is 0 Å². The summed E-state index contributed by atoms with van der Waals surface area (Å²) in [7, 11) is 0. The zero-order chi connectivity index (χ0) is 12.2. The van der Waals surface area contributed by atoms with Gasteiger partial charge in [0.25, 0.3) is 5.92 Å². The largest absolute Gasteiger partial charge is 0.379 e. The van der Waals surface area contributed by atoms with Gasteiger partial charge in [0.1, 0.15) is 0 Å². The number of allylic oxidation sites excluding steroid dienone is 2. The molecule has 0 N–H and O–H groups in total. The smallest absolute Gasteiger partial charge is 0.311 e. The minimum atomic E-state index is -3.49. The lowest BCUT2D eigenvalue weighted by Gasteiger charge is -2.35. The van der Waals surface area contributed by atoms with E-state index < -0.39 is 18.4 Å². The van der Waals surface area contributed by atoms with E-state index in [2.05, 4.69) is 0 Å². The molecule has 1 aliphatic heterocycles. The first-order valence-electron chi connectivity index (χ1n) is 5.10. The third-order valence-electron chi connectivity index (χ3n) is 2.33. The van der Waals surface area contributed by atoms with Crippen LogP contribution < -0.4 is 0 Å². The molecule has 6 heteroatoms. The molecule has 0 aromatic heterocycles. The number of alkyl halides is 4. The Balaban J connectivity index is 2.62. The summed E-state index contributed by atoms with van der Waals surface area (Å²) in [6.45, 7) is 1.66. The van der Waals surface area contributed by atoms with Crippen molar-refractivity contribution in [3.63, 3.8) is 0 Å². The Hall–Kier alpha value is -0.620. The van der Waals surface area contributed by atoms with Crippen LogP contribution in [-0.2, 0) is 4.74 Å². The summed E-state index contributed by atoms with van der Waals surface area (Å²) in [5, 5.41) is 0. The predicted octanol–water partition coefficient (Wildman–Crippen LogP) is 2.51. The Morgan fingerprint density at radius 1 is 1.19 bits per heavy atom. The fourth-order valence-corrected chi connectivity index (χ4v) is 1.59. The molecular weight excluding hydrogens is 226 g/mol. The summed E-state index contributed by atoms with van der Waals surface area (Å²) in [5.41, 5.74) is 0. The van der Waals surface area contributed by atoms with Gasteiger partial charge in [0.15, 0.2) is 0 Å². The van der Waals surface area contributed by atoms with Crippen LogP contribution in [-0.4, -0.2) is 43.2 Å². The van der Waals surface area contributed by atoms with Gasteiger partial charge in [-0.1, -0.05) is 6.08 Å². The molecule has 0 unspecified atom stereocenters. The van der Waals surface area contributed by atoms with E-state index in [4.69, 9.17) is 4.74 Å². The molecule has 16 heavy (non-hydrogen) atoms. The Morgan fingerprint density at radius 2 is 1.75 bits per heavy atom. The van der Waals surface area contributed by atoms with Crippen molar-refractivity contribution in [2.24, 2.45) is 0 Å². The lowest BCUT2D eigenvalue weighted by atomic mass is 10.1. The summed E-state index contributed by atoms with van der Waals surface area (Å²) < 4.78 is 58.0. The minimum Gasteiger partial charge on any atom is -0.379 e. The maximum atomic E-state index is 13.5. The third kappa shape index (κ3) is 3.75. The number of nitrogens with zero attached hydrogens (tertiary/aromatic N) is 1. The average Bonchev–Trinajstić information content (AvgIpc) is 2.17. The summed E-state index contributed by atoms with van der Waals surface area (Å²) in [6, 6.07) is -3.49. The van der Waals surface area contributed by atoms with Gasteiger partial charge in [-0.05, 0) is 13.0 Å². The van der Waals surface area contributed by atoms with E-state index in [1.807, 2.05) is 0 Å². The Bertz CT molecular complexity index is 249. The van der Waals surface area contributed by atoms with E-state index in [-0.39, 0.29) is 26.3 Å². The highest BCUT2D eigenvalue weighted by molar-refractivity contribution is 4.95. The normalized spacial score (nSPS) is 20.6. The van der Waals surface area contributed by atoms with E-state index in [0.29, 0.717) is 6.08 Å². The van der Waals surface area contributed by atoms with E-state index in [1.54, 1.807) is 0 Å². The molecule has 1 rings (SSSR count). The highest BCUT2D eigenvalue weighted by Crippen LogP contribution is 2.34. The molecule has 0 atom stereocenters. The molecule has 1 aliphatic rings. The number of hydrogen-bond acceptors (Lipinski definition) is 2. The fraction of sp³-hybridized carbons (Fsp3) is 0.800. The summed E-state index contributed by atoms with van der Waals surface area (Å²) >= 11 is 0. The highest BCUT2D eigenvalue weighted by Gasteiger charge is 2.46. The van der Waals surface area contributed by atoms with Crippen molar-refractivity contribution in [3.8, 4) is 0 Å². The molecule has 0 aromatic carbocycles. The standard InChI is InChI=1S/C10H15F4NO/c1-2-3-9(11,12)8-10(13,14)15-4-6-16-7-5-15/h2-3H,4-8H2,1H3/b3-2-. The SMILES string of the molecule is C/C=C\C(F)(F)CC(F)(F)N1CCOCC1. The summed E-state index contributed by atoms with van der Waals surface area (Å²) in [5.74, 6) is -3.48. The minimum absolute atomic E-state index is 0.0150. The zero-order valence-corrected chi connectivity index (χ0v) is 9.06. The molecule has 0 saturated carbocycles. The van der Waals surface area contributed by atoms with Gasteiger partial charge >= 0.3 is 6.05 Å². The van der Waals surface area contributed by atoms with Crippen molar-refractivity contribution >= 4 is 0 Å². The van der Waals surface area contributed by atoms with Crippen molar-refractivity contribution in [2.45, 2.75) is 25.3 Å². The van der Waals surface area contributed by atoms with Crippen LogP contribution in [0, 0.1) is 0 Å². The first-order chi connectivity index (χ1) is 7.37. The molecule has 94 valence electrons. The van der Waals surface area contributed by atoms with Gasteiger partial charge in [-0.2, -0.15) is 8.78 Å². The number of hydrogen-bond donors (Lipinski definition) is 0. The lowest BCUT2D eigenvalue weighted by molar-refractivity contribution is -0.204. The second-order valence-electron chi connectivity index (χ2n) is 3.70. The maximum Gasteiger partial charge on any atom is 0.311 e. The Morgan fingerprint density at radius 3 is 2.25 bits per heavy atom. The first kappa shape index (κ1) is 13.4. The quantitative estimate of drug-likeness (QED) is 0.426. The van der Waals surface area contributed by atoms with Gasteiger partial charge in [-0.25, -0.2) is 13.7 Å². The van der Waals surface area contributed by atoms with E-state index in [1.165, 1.54) is 6.92 Å². The number of ether oxygens (including phenoxy) is 1. The molecule has 1 fully saturated rings. The molecule has 0 aromatic rings. The lowest BCUT2D eigenvalue weighted by Crippen LogP contribution is -2.50. The molecule has 1 heterocycles. The van der Waals surface area contributed by atoms with Crippen LogP contribution in [0.2, 0.25) is 0 Å². The Kier molecular flexibility index (Phi) is 4.32. The highest BCUT2D eigenvalue weighted by atomic mass is 19.3. The second kappa shape index (κ2) is 5.14. The predicted molar refractivity (Wildman–Crippen MR) is 51.7 cm³/mol. The third-order valence-corrected chi connectivity index (χ3v) is 2.33. The maximum absolute atomic E-state index is 13.5. The molecule has 0 amide bonds. The number of morpholine rings is 1. The van der Waals surface area contributed by atoms with Crippen LogP contribution in [0.4, 0.5) is 17.6 Å². The summed E-state index contributed by atoms with van der Waals surface area (Å²) in [6.07, 6.45) is 0.0983. The van der Waals surface area contributed by atoms with Crippen molar-refractivity contribution in [3.05, 3.63) is 12.2 Å². The molecule has 2 nitrogen and oxygen atoms in total. The molecular formula is C10H15F4NO. The van der Waals surface area contributed by atoms with Crippen molar-refractivity contribution in [1.29, 1.82) is 0 Å². The first-order valence-corrected chi connectivity index (χ1v) is 5.10. The van der Waals surface area contributed by atoms with Crippen LogP contribution in [0.15, 0.2) is 12.2 Å². The van der Waals surface area contributed by atoms with Gasteiger partial charge in [0, 0.05) is 13.1 Å². The van der Waals surface area contributed by atoms with E-state index in [0.717, 1.165) is 11.0 Å². The van der Waals surface area contributed by atoms with Crippen LogP contribution in [0.5, 0.6) is 0 Å². The zero-order valence-electron chi connectivity index (χ0n) is 9.06. The van der Waals surface area contributed by atoms with Gasteiger partial charge in [0.05, 0.1) is 19.6 Å². The van der Waals surface area contributed by atoms with Gasteiger partial charge in [0.2, 0.25) is 0 Å². The molecule has 0 radical (unpaired) electrons. The second-order valence-corrected chi connectivity index (χ2v) is 3.70. The van der Waals surface area contributed by atoms with Gasteiger partial charge < -0.3 is 4.74 Å². The van der Waals surface area contributed by atoms with Crippen LogP contribution in [0.1, 0.15) is 13.3 Å². The van der Waals surface area contributed by atoms with Crippen molar-refractivity contribution in [1.82, 2.24) is 4.90 Å². The van der Waals surface area contributed by atoms with E-state index in [9.17, 15) is 17.6 Å². The average molecular weight is 241 g/mol.